The summed E-state index contributed by atoms with van der Waals surface area (Å²) in [6.45, 7) is 1.76. The summed E-state index contributed by atoms with van der Waals surface area (Å²) in [5.74, 6) is -0.961. The zero-order chi connectivity index (χ0) is 11.4. The van der Waals surface area contributed by atoms with Crippen LogP contribution in [0.2, 0.25) is 0 Å². The Hall–Kier alpha value is -1.16. The molecule has 0 bridgehead atoms. The van der Waals surface area contributed by atoms with Crippen LogP contribution in [0.1, 0.15) is 29.3 Å². The van der Waals surface area contributed by atoms with E-state index in [4.69, 9.17) is 5.11 Å². The highest BCUT2D eigenvalue weighted by Gasteiger charge is 2.12. The summed E-state index contributed by atoms with van der Waals surface area (Å²) in [6.07, 6.45) is 0.259. The number of halogens is 1. The zero-order valence-electron chi connectivity index (χ0n) is 8.29. The number of carboxylic acids is 1. The van der Waals surface area contributed by atoms with Crippen LogP contribution in [0, 0.1) is 0 Å². The van der Waals surface area contributed by atoms with Gasteiger partial charge in [-0.25, -0.2) is 0 Å². The number of carbonyl (C=O) groups excluding carboxylic acids is 1. The molecule has 0 amide bonds. The van der Waals surface area contributed by atoms with Crippen molar-refractivity contribution in [2.24, 2.45) is 0 Å². The van der Waals surface area contributed by atoms with Crippen LogP contribution in [0.4, 0.5) is 0 Å². The molecule has 0 aromatic heterocycles. The van der Waals surface area contributed by atoms with E-state index in [-0.39, 0.29) is 12.2 Å². The van der Waals surface area contributed by atoms with Crippen molar-refractivity contribution in [3.8, 4) is 0 Å². The van der Waals surface area contributed by atoms with Crippen LogP contribution in [-0.2, 0) is 11.2 Å². The van der Waals surface area contributed by atoms with Gasteiger partial charge in [-0.2, -0.15) is 0 Å². The maximum absolute atomic E-state index is 11.5. The molecule has 0 unspecified atom stereocenters. The van der Waals surface area contributed by atoms with Crippen molar-refractivity contribution in [3.63, 3.8) is 0 Å². The van der Waals surface area contributed by atoms with E-state index in [1.165, 1.54) is 0 Å². The van der Waals surface area contributed by atoms with Crippen molar-refractivity contribution in [1.29, 1.82) is 0 Å². The smallest absolute Gasteiger partial charge is 0.307 e. The van der Waals surface area contributed by atoms with Gasteiger partial charge in [0.15, 0.2) is 5.78 Å². The molecule has 0 spiro atoms. The highest BCUT2D eigenvalue weighted by molar-refractivity contribution is 9.10. The Labute approximate surface area is 96.2 Å². The molecular formula is C11H11BrO3. The molecule has 3 nitrogen and oxygen atoms in total. The van der Waals surface area contributed by atoms with Crippen molar-refractivity contribution >= 4 is 27.7 Å². The molecule has 1 N–H and O–H groups in total. The van der Waals surface area contributed by atoms with Crippen LogP contribution >= 0.6 is 15.9 Å². The lowest BCUT2D eigenvalue weighted by Crippen LogP contribution is -2.07. The van der Waals surface area contributed by atoms with E-state index in [9.17, 15) is 9.59 Å². The third kappa shape index (κ3) is 3.16. The van der Waals surface area contributed by atoms with Gasteiger partial charge in [-0.1, -0.05) is 28.9 Å². The highest BCUT2D eigenvalue weighted by Crippen LogP contribution is 2.18. The summed E-state index contributed by atoms with van der Waals surface area (Å²) in [4.78, 5) is 22.1. The minimum atomic E-state index is -0.932. The first kappa shape index (κ1) is 11.9. The van der Waals surface area contributed by atoms with Gasteiger partial charge >= 0.3 is 5.97 Å². The molecule has 0 heterocycles. The Kier molecular flexibility index (Phi) is 4.03. The van der Waals surface area contributed by atoms with Gasteiger partial charge in [-0.3, -0.25) is 9.59 Å². The Morgan fingerprint density at radius 3 is 2.60 bits per heavy atom. The predicted molar refractivity (Wildman–Crippen MR) is 60.1 cm³/mol. The van der Waals surface area contributed by atoms with Gasteiger partial charge in [0.1, 0.15) is 0 Å². The van der Waals surface area contributed by atoms with E-state index >= 15 is 0 Å². The van der Waals surface area contributed by atoms with E-state index < -0.39 is 5.97 Å². The number of carbonyl (C=O) groups is 2. The zero-order valence-corrected chi connectivity index (χ0v) is 9.87. The van der Waals surface area contributed by atoms with Crippen LogP contribution < -0.4 is 0 Å². The van der Waals surface area contributed by atoms with E-state index in [1.54, 1.807) is 25.1 Å². The molecule has 1 aromatic carbocycles. The van der Waals surface area contributed by atoms with Gasteiger partial charge in [-0.15, -0.1) is 0 Å². The van der Waals surface area contributed by atoms with Crippen molar-refractivity contribution < 1.29 is 14.7 Å². The topological polar surface area (TPSA) is 54.4 Å². The number of ketones is 1. The first-order valence-corrected chi connectivity index (χ1v) is 5.37. The monoisotopic (exact) mass is 270 g/mol. The number of aliphatic carboxylic acids is 1. The Morgan fingerprint density at radius 1 is 1.40 bits per heavy atom. The fourth-order valence-electron chi connectivity index (χ4n) is 1.33. The minimum absolute atomic E-state index is 0.0289. The molecule has 1 aromatic rings. The molecule has 0 saturated heterocycles. The molecular weight excluding hydrogens is 260 g/mol. The lowest BCUT2D eigenvalue weighted by atomic mass is 10.00. The predicted octanol–water partition coefficient (Wildman–Crippen LogP) is 2.67. The Morgan fingerprint density at radius 2 is 2.07 bits per heavy atom. The van der Waals surface area contributed by atoms with Gasteiger partial charge in [0.2, 0.25) is 0 Å². The van der Waals surface area contributed by atoms with Gasteiger partial charge in [0, 0.05) is 16.5 Å². The molecule has 0 aliphatic heterocycles. The third-order valence-corrected chi connectivity index (χ3v) is 2.52. The second kappa shape index (κ2) is 5.07. The molecule has 0 aliphatic carbocycles. The molecule has 4 heteroatoms. The lowest BCUT2D eigenvalue weighted by Gasteiger charge is -2.06. The Bertz CT molecular complexity index is 399. The average Bonchev–Trinajstić information content (AvgIpc) is 2.16. The van der Waals surface area contributed by atoms with Gasteiger partial charge in [0.05, 0.1) is 6.42 Å². The van der Waals surface area contributed by atoms with E-state index in [0.29, 0.717) is 17.5 Å². The van der Waals surface area contributed by atoms with Gasteiger partial charge in [0.25, 0.3) is 0 Å². The summed E-state index contributed by atoms with van der Waals surface area (Å²) in [5, 5.41) is 8.71. The summed E-state index contributed by atoms with van der Waals surface area (Å²) < 4.78 is 0.784. The summed E-state index contributed by atoms with van der Waals surface area (Å²) in [5.41, 5.74) is 1.06. The third-order valence-electron chi connectivity index (χ3n) is 2.03. The molecule has 0 atom stereocenters. The highest BCUT2D eigenvalue weighted by atomic mass is 79.9. The first-order chi connectivity index (χ1) is 7.04. The standard InChI is InChI=1S/C11H11BrO3/c1-2-10(13)9-4-3-8(12)5-7(9)6-11(14)15/h3-5H,2,6H2,1H3,(H,14,15). The summed E-state index contributed by atoms with van der Waals surface area (Å²) in [6, 6.07) is 5.08. The van der Waals surface area contributed by atoms with Crippen LogP contribution in [0.5, 0.6) is 0 Å². The fraction of sp³-hybridized carbons (Fsp3) is 0.273. The van der Waals surface area contributed by atoms with Gasteiger partial charge < -0.3 is 5.11 Å². The molecule has 0 radical (unpaired) electrons. The number of carboxylic acid groups (broad SMARTS) is 1. The number of Topliss-reactive ketones (excluding diaryl/α,β-unsaturated/α-hetero) is 1. The van der Waals surface area contributed by atoms with Crippen molar-refractivity contribution in [3.05, 3.63) is 33.8 Å². The molecule has 0 saturated carbocycles. The van der Waals surface area contributed by atoms with E-state index in [1.807, 2.05) is 0 Å². The SMILES string of the molecule is CCC(=O)c1ccc(Br)cc1CC(=O)O. The molecule has 80 valence electrons. The molecule has 0 fully saturated rings. The van der Waals surface area contributed by atoms with Crippen LogP contribution in [0.15, 0.2) is 22.7 Å². The van der Waals surface area contributed by atoms with E-state index in [0.717, 1.165) is 4.47 Å². The largest absolute Gasteiger partial charge is 0.481 e. The maximum Gasteiger partial charge on any atom is 0.307 e. The number of rotatable bonds is 4. The lowest BCUT2D eigenvalue weighted by molar-refractivity contribution is -0.136. The summed E-state index contributed by atoms with van der Waals surface area (Å²) in [7, 11) is 0. The maximum atomic E-state index is 11.5. The summed E-state index contributed by atoms with van der Waals surface area (Å²) >= 11 is 3.25. The first-order valence-electron chi connectivity index (χ1n) is 4.58. The van der Waals surface area contributed by atoms with Crippen LogP contribution in [0.25, 0.3) is 0 Å². The van der Waals surface area contributed by atoms with Crippen molar-refractivity contribution in [2.45, 2.75) is 19.8 Å². The van der Waals surface area contributed by atoms with E-state index in [2.05, 4.69) is 15.9 Å². The van der Waals surface area contributed by atoms with Crippen molar-refractivity contribution in [2.75, 3.05) is 0 Å². The van der Waals surface area contributed by atoms with Crippen LogP contribution in [-0.4, -0.2) is 16.9 Å². The molecule has 15 heavy (non-hydrogen) atoms. The quantitative estimate of drug-likeness (QED) is 0.856. The van der Waals surface area contributed by atoms with Crippen LogP contribution in [0.3, 0.4) is 0 Å². The minimum Gasteiger partial charge on any atom is -0.481 e. The number of hydrogen-bond acceptors (Lipinski definition) is 2. The van der Waals surface area contributed by atoms with Crippen molar-refractivity contribution in [1.82, 2.24) is 0 Å². The number of hydrogen-bond donors (Lipinski definition) is 1. The van der Waals surface area contributed by atoms with Gasteiger partial charge in [-0.05, 0) is 17.7 Å². The second-order valence-corrected chi connectivity index (χ2v) is 4.06. The molecule has 1 rings (SSSR count). The Balaban J connectivity index is 3.13. The average molecular weight is 271 g/mol. The normalized spacial score (nSPS) is 10.0. The molecule has 0 aliphatic rings. The second-order valence-electron chi connectivity index (χ2n) is 3.15. The number of benzene rings is 1. The fourth-order valence-corrected chi connectivity index (χ4v) is 1.74.